The van der Waals surface area contributed by atoms with Crippen LogP contribution in [0.1, 0.15) is 25.3 Å². The minimum Gasteiger partial charge on any atom is -0.384 e. The smallest absolute Gasteiger partial charge is 0.122 e. The van der Waals surface area contributed by atoms with E-state index >= 15 is 0 Å². The van der Waals surface area contributed by atoms with Gasteiger partial charge in [0.15, 0.2) is 0 Å². The van der Waals surface area contributed by atoms with Crippen LogP contribution in [-0.4, -0.2) is 43.5 Å². The van der Waals surface area contributed by atoms with E-state index in [0.717, 1.165) is 28.8 Å². The molecule has 1 aromatic rings. The number of likely N-dealkylation sites (N-methyl/N-ethyl adjacent to an activating group) is 2. The van der Waals surface area contributed by atoms with Crippen molar-refractivity contribution in [1.82, 2.24) is 4.90 Å². The number of benzene rings is 1. The molecule has 0 spiro atoms. The van der Waals surface area contributed by atoms with Crippen LogP contribution in [0.15, 0.2) is 22.7 Å². The molecule has 5 heteroatoms. The van der Waals surface area contributed by atoms with Gasteiger partial charge in [0.1, 0.15) is 5.84 Å². The van der Waals surface area contributed by atoms with Crippen LogP contribution >= 0.6 is 15.9 Å². The minimum atomic E-state index is 0.104. The Balaban J connectivity index is 2.09. The van der Waals surface area contributed by atoms with Gasteiger partial charge in [-0.2, -0.15) is 0 Å². The molecular formula is C15H23BrN4. The number of rotatable bonds is 5. The molecule has 1 heterocycles. The molecule has 1 atom stereocenters. The largest absolute Gasteiger partial charge is 0.384 e. The van der Waals surface area contributed by atoms with Gasteiger partial charge in [-0.3, -0.25) is 10.3 Å². The van der Waals surface area contributed by atoms with E-state index in [1.807, 2.05) is 18.2 Å². The van der Waals surface area contributed by atoms with E-state index in [1.54, 1.807) is 0 Å². The van der Waals surface area contributed by atoms with E-state index in [4.69, 9.17) is 11.1 Å². The molecule has 3 N–H and O–H groups in total. The highest BCUT2D eigenvalue weighted by atomic mass is 79.9. The molecule has 4 nitrogen and oxygen atoms in total. The first kappa shape index (κ1) is 15.3. The van der Waals surface area contributed by atoms with Crippen LogP contribution in [0.2, 0.25) is 0 Å². The van der Waals surface area contributed by atoms with E-state index in [0.29, 0.717) is 6.04 Å². The second kappa shape index (κ2) is 6.59. The lowest BCUT2D eigenvalue weighted by Gasteiger charge is -2.29. The minimum absolute atomic E-state index is 0.104. The third-order valence-electron chi connectivity index (χ3n) is 4.06. The van der Waals surface area contributed by atoms with Crippen molar-refractivity contribution in [1.29, 1.82) is 5.41 Å². The van der Waals surface area contributed by atoms with Crippen molar-refractivity contribution in [2.24, 2.45) is 5.73 Å². The normalized spacial score (nSPS) is 19.2. The summed E-state index contributed by atoms with van der Waals surface area (Å²) in [4.78, 5) is 4.83. The fourth-order valence-corrected chi connectivity index (χ4v) is 3.60. The highest BCUT2D eigenvalue weighted by Crippen LogP contribution is 2.28. The number of hydrogen-bond donors (Lipinski definition) is 2. The van der Waals surface area contributed by atoms with Crippen molar-refractivity contribution in [3.8, 4) is 0 Å². The Morgan fingerprint density at radius 1 is 1.55 bits per heavy atom. The van der Waals surface area contributed by atoms with E-state index in [1.165, 1.54) is 19.4 Å². The maximum absolute atomic E-state index is 7.48. The van der Waals surface area contributed by atoms with E-state index < -0.39 is 0 Å². The molecule has 2 rings (SSSR count). The quantitative estimate of drug-likeness (QED) is 0.641. The lowest BCUT2D eigenvalue weighted by Crippen LogP contribution is -2.38. The molecule has 1 aromatic carbocycles. The molecule has 0 saturated carbocycles. The average Bonchev–Trinajstić information content (AvgIpc) is 2.85. The van der Waals surface area contributed by atoms with Gasteiger partial charge in [-0.25, -0.2) is 0 Å². The molecule has 0 bridgehead atoms. The van der Waals surface area contributed by atoms with E-state index in [-0.39, 0.29) is 5.84 Å². The van der Waals surface area contributed by atoms with Crippen LogP contribution in [0.5, 0.6) is 0 Å². The molecule has 110 valence electrons. The second-order valence-electron chi connectivity index (χ2n) is 5.39. The number of likely N-dealkylation sites (tertiary alicyclic amines) is 1. The van der Waals surface area contributed by atoms with Crippen LogP contribution < -0.4 is 10.6 Å². The first-order valence-electron chi connectivity index (χ1n) is 7.12. The van der Waals surface area contributed by atoms with Crippen molar-refractivity contribution in [3.63, 3.8) is 0 Å². The molecular weight excluding hydrogens is 316 g/mol. The molecule has 0 aromatic heterocycles. The Morgan fingerprint density at radius 2 is 2.30 bits per heavy atom. The Bertz CT molecular complexity index is 489. The van der Waals surface area contributed by atoms with E-state index in [9.17, 15) is 0 Å². The number of halogens is 1. The van der Waals surface area contributed by atoms with Crippen molar-refractivity contribution in [3.05, 3.63) is 28.2 Å². The summed E-state index contributed by atoms with van der Waals surface area (Å²) in [6, 6.07) is 6.50. The van der Waals surface area contributed by atoms with Crippen molar-refractivity contribution >= 4 is 27.5 Å². The number of nitrogens with two attached hydrogens (primary N) is 1. The Labute approximate surface area is 129 Å². The van der Waals surface area contributed by atoms with Crippen LogP contribution in [0.3, 0.4) is 0 Å². The number of nitrogens with zero attached hydrogens (tertiary/aromatic N) is 2. The van der Waals surface area contributed by atoms with Gasteiger partial charge in [-0.05, 0) is 60.1 Å². The van der Waals surface area contributed by atoms with Crippen LogP contribution in [0, 0.1) is 5.41 Å². The Kier molecular flexibility index (Phi) is 5.05. The summed E-state index contributed by atoms with van der Waals surface area (Å²) < 4.78 is 0.994. The fraction of sp³-hybridized carbons (Fsp3) is 0.533. The zero-order chi connectivity index (χ0) is 14.7. The summed E-state index contributed by atoms with van der Waals surface area (Å²) in [7, 11) is 2.12. The van der Waals surface area contributed by atoms with Gasteiger partial charge in [0.2, 0.25) is 0 Å². The van der Waals surface area contributed by atoms with Crippen LogP contribution in [0.25, 0.3) is 0 Å². The number of nitrogens with one attached hydrogen (secondary N) is 1. The van der Waals surface area contributed by atoms with Gasteiger partial charge in [-0.15, -0.1) is 0 Å². The highest BCUT2D eigenvalue weighted by molar-refractivity contribution is 9.10. The molecule has 1 fully saturated rings. The standard InChI is InChI=1S/C15H23BrN4/c1-3-20-8-4-5-12(20)10-19(2)14-7-6-11(15(17)18)9-13(14)16/h6-7,9,12H,3-5,8,10H2,1-2H3,(H3,17,18). The molecule has 0 aliphatic carbocycles. The number of hydrogen-bond acceptors (Lipinski definition) is 3. The van der Waals surface area contributed by atoms with Crippen LogP contribution in [-0.2, 0) is 0 Å². The molecule has 1 unspecified atom stereocenters. The third kappa shape index (κ3) is 3.33. The second-order valence-corrected chi connectivity index (χ2v) is 6.24. The van der Waals surface area contributed by atoms with Gasteiger partial charge in [-0.1, -0.05) is 6.92 Å². The molecule has 0 radical (unpaired) electrons. The average molecular weight is 339 g/mol. The Hall–Kier alpha value is -1.07. The topological polar surface area (TPSA) is 56.4 Å². The zero-order valence-electron chi connectivity index (χ0n) is 12.2. The Morgan fingerprint density at radius 3 is 2.90 bits per heavy atom. The van der Waals surface area contributed by atoms with Crippen LogP contribution in [0.4, 0.5) is 5.69 Å². The van der Waals surface area contributed by atoms with Crippen molar-refractivity contribution in [2.45, 2.75) is 25.8 Å². The summed E-state index contributed by atoms with van der Waals surface area (Å²) in [6.07, 6.45) is 2.58. The van der Waals surface area contributed by atoms with E-state index in [2.05, 4.69) is 39.7 Å². The summed E-state index contributed by atoms with van der Waals surface area (Å²) >= 11 is 3.59. The molecule has 20 heavy (non-hydrogen) atoms. The lowest BCUT2D eigenvalue weighted by atomic mass is 10.1. The van der Waals surface area contributed by atoms with Gasteiger partial charge < -0.3 is 10.6 Å². The summed E-state index contributed by atoms with van der Waals surface area (Å²) in [5.41, 5.74) is 7.42. The summed E-state index contributed by atoms with van der Waals surface area (Å²) in [5.74, 6) is 0.104. The number of anilines is 1. The number of nitrogen functional groups attached to an aromatic ring is 1. The first-order valence-corrected chi connectivity index (χ1v) is 7.91. The zero-order valence-corrected chi connectivity index (χ0v) is 13.8. The lowest BCUT2D eigenvalue weighted by molar-refractivity contribution is 0.270. The molecule has 1 aliphatic heterocycles. The fourth-order valence-electron chi connectivity index (χ4n) is 2.92. The van der Waals surface area contributed by atoms with Gasteiger partial charge in [0.25, 0.3) is 0 Å². The third-order valence-corrected chi connectivity index (χ3v) is 4.69. The highest BCUT2D eigenvalue weighted by Gasteiger charge is 2.24. The predicted molar refractivity (Wildman–Crippen MR) is 88.7 cm³/mol. The summed E-state index contributed by atoms with van der Waals surface area (Å²) in [6.45, 7) is 5.62. The molecule has 1 saturated heterocycles. The molecule has 1 aliphatic rings. The first-order chi connectivity index (χ1) is 9.52. The van der Waals surface area contributed by atoms with Crippen molar-refractivity contribution in [2.75, 3.05) is 31.6 Å². The van der Waals surface area contributed by atoms with Gasteiger partial charge in [0.05, 0.1) is 5.69 Å². The maximum atomic E-state index is 7.48. The van der Waals surface area contributed by atoms with Gasteiger partial charge in [0, 0.05) is 29.7 Å². The SMILES string of the molecule is CCN1CCCC1CN(C)c1ccc(C(=N)N)cc1Br. The maximum Gasteiger partial charge on any atom is 0.122 e. The molecule has 0 amide bonds. The van der Waals surface area contributed by atoms with Gasteiger partial charge >= 0.3 is 0 Å². The monoisotopic (exact) mass is 338 g/mol. The number of amidine groups is 1. The predicted octanol–water partition coefficient (Wildman–Crippen LogP) is 2.65. The van der Waals surface area contributed by atoms with Crippen molar-refractivity contribution < 1.29 is 0 Å². The summed E-state index contributed by atoms with van der Waals surface area (Å²) in [5, 5.41) is 7.48.